The van der Waals surface area contributed by atoms with Crippen LogP contribution in [0.15, 0.2) is 24.3 Å². The first kappa shape index (κ1) is 15.1. The molecule has 0 spiro atoms. The average Bonchev–Trinajstić information content (AvgIpc) is 2.90. The Hall–Kier alpha value is -2.28. The minimum atomic E-state index is -1.35. The van der Waals surface area contributed by atoms with E-state index >= 15 is 0 Å². The Morgan fingerprint density at radius 1 is 1.33 bits per heavy atom. The third-order valence-electron chi connectivity index (χ3n) is 3.35. The fraction of sp³-hybridized carbons (Fsp3) is 0.429. The van der Waals surface area contributed by atoms with Gasteiger partial charge in [0.1, 0.15) is 0 Å². The summed E-state index contributed by atoms with van der Waals surface area (Å²) >= 11 is 0. The van der Waals surface area contributed by atoms with Crippen molar-refractivity contribution in [1.29, 1.82) is 0 Å². The van der Waals surface area contributed by atoms with E-state index in [1.54, 1.807) is 4.90 Å². The smallest absolute Gasteiger partial charge is 0.431 e. The van der Waals surface area contributed by atoms with Crippen molar-refractivity contribution in [2.75, 3.05) is 29.9 Å². The predicted molar refractivity (Wildman–Crippen MR) is 77.7 cm³/mol. The van der Waals surface area contributed by atoms with Crippen LogP contribution in [0.1, 0.15) is 19.3 Å². The number of amides is 2. The Morgan fingerprint density at radius 3 is 2.62 bits per heavy atom. The lowest BCUT2D eigenvalue weighted by Gasteiger charge is -2.16. The molecule has 0 aromatic heterocycles. The molecule has 2 amide bonds. The molecule has 0 atom stereocenters. The van der Waals surface area contributed by atoms with Gasteiger partial charge in [-0.15, -0.1) is 0 Å². The highest BCUT2D eigenvalue weighted by Gasteiger charge is 2.21. The number of nitrogens with zero attached hydrogens (tertiary/aromatic N) is 2. The monoisotopic (exact) mass is 293 g/mol. The fourth-order valence-electron chi connectivity index (χ4n) is 2.24. The maximum atomic E-state index is 11.6. The second-order valence-corrected chi connectivity index (χ2v) is 4.88. The Kier molecular flexibility index (Phi) is 4.99. The molecule has 1 fully saturated rings. The first-order valence-corrected chi connectivity index (χ1v) is 6.91. The van der Waals surface area contributed by atoms with Gasteiger partial charge in [0.15, 0.2) is 0 Å². The number of carbonyl (C=O) groups is 2. The van der Waals surface area contributed by atoms with Gasteiger partial charge < -0.3 is 15.3 Å². The number of hydrogen-bond donors (Lipinski definition) is 3. The van der Waals surface area contributed by atoms with Crippen LogP contribution in [0.2, 0.25) is 0 Å². The Labute approximate surface area is 122 Å². The molecule has 7 nitrogen and oxygen atoms in total. The number of hydrogen-bond acceptors (Lipinski definition) is 4. The van der Waals surface area contributed by atoms with E-state index in [1.807, 2.05) is 24.3 Å². The van der Waals surface area contributed by atoms with E-state index in [-0.39, 0.29) is 17.5 Å². The molecular formula is C14H19N3O4. The first-order valence-electron chi connectivity index (χ1n) is 6.91. The third-order valence-corrected chi connectivity index (χ3v) is 3.35. The highest BCUT2D eigenvalue weighted by molar-refractivity contribution is 5.95. The summed E-state index contributed by atoms with van der Waals surface area (Å²) in [6, 6.07) is 7.55. The van der Waals surface area contributed by atoms with Crippen molar-refractivity contribution in [2.45, 2.75) is 19.3 Å². The molecule has 7 heteroatoms. The third kappa shape index (κ3) is 4.09. The summed E-state index contributed by atoms with van der Waals surface area (Å²) in [5, 5.41) is 20.9. The van der Waals surface area contributed by atoms with Crippen molar-refractivity contribution in [1.82, 2.24) is 5.06 Å². The molecule has 1 aromatic rings. The highest BCUT2D eigenvalue weighted by atomic mass is 16.6. The molecule has 21 heavy (non-hydrogen) atoms. The van der Waals surface area contributed by atoms with Crippen molar-refractivity contribution in [3.8, 4) is 0 Å². The van der Waals surface area contributed by atoms with Crippen molar-refractivity contribution in [3.63, 3.8) is 0 Å². The molecule has 1 aliphatic rings. The minimum absolute atomic E-state index is 0.0582. The van der Waals surface area contributed by atoms with Crippen LogP contribution in [0.3, 0.4) is 0 Å². The summed E-state index contributed by atoms with van der Waals surface area (Å²) in [6.45, 7) is 1.38. The van der Waals surface area contributed by atoms with Crippen molar-refractivity contribution < 1.29 is 19.9 Å². The Morgan fingerprint density at radius 2 is 2.05 bits per heavy atom. The van der Waals surface area contributed by atoms with Crippen LogP contribution < -0.4 is 10.2 Å². The van der Waals surface area contributed by atoms with E-state index in [4.69, 9.17) is 10.3 Å². The van der Waals surface area contributed by atoms with Gasteiger partial charge in [-0.2, -0.15) is 5.06 Å². The lowest BCUT2D eigenvalue weighted by atomic mass is 10.2. The molecule has 3 N–H and O–H groups in total. The van der Waals surface area contributed by atoms with E-state index in [1.165, 1.54) is 0 Å². The first-order chi connectivity index (χ1) is 10.1. The lowest BCUT2D eigenvalue weighted by molar-refractivity contribution is -0.117. The molecule has 0 unspecified atom stereocenters. The van der Waals surface area contributed by atoms with Crippen molar-refractivity contribution in [2.24, 2.45) is 0 Å². The molecule has 0 radical (unpaired) electrons. The minimum Gasteiger partial charge on any atom is -0.463 e. The van der Waals surface area contributed by atoms with E-state index < -0.39 is 6.09 Å². The van der Waals surface area contributed by atoms with Gasteiger partial charge in [-0.3, -0.25) is 10.0 Å². The van der Waals surface area contributed by atoms with Gasteiger partial charge in [0.05, 0.1) is 6.54 Å². The summed E-state index contributed by atoms with van der Waals surface area (Å²) in [6.07, 6.45) is 0.658. The van der Waals surface area contributed by atoms with Gasteiger partial charge in [-0.25, -0.2) is 4.79 Å². The molecule has 1 heterocycles. The maximum absolute atomic E-state index is 11.6. The Bertz CT molecular complexity index is 503. The van der Waals surface area contributed by atoms with E-state index in [0.717, 1.165) is 24.3 Å². The SMILES string of the molecule is O=C(O)N(O)CCCNc1ccc(N2CCCC2=O)cc1. The average molecular weight is 293 g/mol. The van der Waals surface area contributed by atoms with Crippen LogP contribution in [-0.2, 0) is 4.79 Å². The highest BCUT2D eigenvalue weighted by Crippen LogP contribution is 2.22. The largest absolute Gasteiger partial charge is 0.463 e. The van der Waals surface area contributed by atoms with Gasteiger partial charge >= 0.3 is 6.09 Å². The molecule has 0 aliphatic carbocycles. The molecule has 114 valence electrons. The molecule has 1 aromatic carbocycles. The van der Waals surface area contributed by atoms with Gasteiger partial charge in [-0.1, -0.05) is 0 Å². The molecule has 2 rings (SSSR count). The summed E-state index contributed by atoms with van der Waals surface area (Å²) < 4.78 is 0. The van der Waals surface area contributed by atoms with Crippen LogP contribution in [0, 0.1) is 0 Å². The second-order valence-electron chi connectivity index (χ2n) is 4.88. The van der Waals surface area contributed by atoms with E-state index in [2.05, 4.69) is 5.32 Å². The van der Waals surface area contributed by atoms with E-state index in [9.17, 15) is 9.59 Å². The van der Waals surface area contributed by atoms with Crippen LogP contribution in [0.5, 0.6) is 0 Å². The standard InChI is InChI=1S/C14H19N3O4/c18-13-3-1-9-16(13)12-6-4-11(5-7-12)15-8-2-10-17(21)14(19)20/h4-7,15,21H,1-3,8-10H2,(H,19,20). The van der Waals surface area contributed by atoms with Crippen LogP contribution in [0.4, 0.5) is 16.2 Å². The maximum Gasteiger partial charge on any atom is 0.431 e. The topological polar surface area (TPSA) is 93.1 Å². The summed E-state index contributed by atoms with van der Waals surface area (Å²) in [5.74, 6) is 0.160. The van der Waals surface area contributed by atoms with Gasteiger partial charge in [0.25, 0.3) is 0 Å². The molecule has 1 aliphatic heterocycles. The Balaban J connectivity index is 1.77. The zero-order valence-corrected chi connectivity index (χ0v) is 11.7. The van der Waals surface area contributed by atoms with Crippen LogP contribution in [0.25, 0.3) is 0 Å². The molecule has 0 bridgehead atoms. The summed E-state index contributed by atoms with van der Waals surface area (Å²) in [7, 11) is 0. The van der Waals surface area contributed by atoms with Crippen LogP contribution >= 0.6 is 0 Å². The van der Waals surface area contributed by atoms with Crippen molar-refractivity contribution in [3.05, 3.63) is 24.3 Å². The van der Waals surface area contributed by atoms with Gasteiger partial charge in [0.2, 0.25) is 5.91 Å². The van der Waals surface area contributed by atoms with Gasteiger partial charge in [-0.05, 0) is 37.1 Å². The zero-order valence-electron chi connectivity index (χ0n) is 11.7. The van der Waals surface area contributed by atoms with Crippen LogP contribution in [-0.4, -0.2) is 47.0 Å². The number of hydroxylamine groups is 2. The summed E-state index contributed by atoms with van der Waals surface area (Å²) in [5.41, 5.74) is 1.79. The lowest BCUT2D eigenvalue weighted by Crippen LogP contribution is -2.27. The zero-order chi connectivity index (χ0) is 15.2. The number of anilines is 2. The van der Waals surface area contributed by atoms with E-state index in [0.29, 0.717) is 19.4 Å². The predicted octanol–water partition coefficient (Wildman–Crippen LogP) is 1.98. The number of carbonyl (C=O) groups excluding carboxylic acids is 1. The van der Waals surface area contributed by atoms with Gasteiger partial charge in [0, 0.05) is 30.9 Å². The van der Waals surface area contributed by atoms with Crippen molar-refractivity contribution >= 4 is 23.4 Å². The quantitative estimate of drug-likeness (QED) is 0.424. The summed E-state index contributed by atoms with van der Waals surface area (Å²) in [4.78, 5) is 23.8. The fourth-order valence-corrected chi connectivity index (χ4v) is 2.24. The normalized spacial score (nSPS) is 14.3. The number of rotatable bonds is 6. The second kappa shape index (κ2) is 6.94. The number of nitrogens with one attached hydrogen (secondary N) is 1. The number of carboxylic acid groups (broad SMARTS) is 1. The number of benzene rings is 1. The molecule has 0 saturated carbocycles. The molecule has 1 saturated heterocycles. The molecular weight excluding hydrogens is 274 g/mol.